The van der Waals surface area contributed by atoms with E-state index >= 15 is 0 Å². The lowest BCUT2D eigenvalue weighted by Gasteiger charge is -2.29. The average Bonchev–Trinajstić information content (AvgIpc) is 2.63. The Balaban J connectivity index is 1.64. The van der Waals surface area contributed by atoms with Crippen LogP contribution in [0, 0.1) is 4.91 Å². The number of benzene rings is 1. The highest BCUT2D eigenvalue weighted by molar-refractivity contribution is 5.43. The SMILES string of the molecule is O=[N+]1C2=C(NCCC2)C2=C(C=CCO2)C1CCc1ccccc1. The Kier molecular flexibility index (Phi) is 3.74. The number of hydrogen-bond acceptors (Lipinski definition) is 3. The molecule has 23 heavy (non-hydrogen) atoms. The predicted molar refractivity (Wildman–Crippen MR) is 88.6 cm³/mol. The van der Waals surface area contributed by atoms with Gasteiger partial charge in [-0.25, -0.2) is 0 Å². The van der Waals surface area contributed by atoms with Gasteiger partial charge in [-0.3, -0.25) is 0 Å². The third-order valence-electron chi connectivity index (χ3n) is 4.75. The predicted octanol–water partition coefficient (Wildman–Crippen LogP) is 3.22. The van der Waals surface area contributed by atoms with Crippen molar-refractivity contribution in [1.29, 1.82) is 0 Å². The molecule has 0 aliphatic carbocycles. The number of allylic oxidation sites excluding steroid dienone is 1. The Hall–Kier alpha value is -2.36. The van der Waals surface area contributed by atoms with Crippen molar-refractivity contribution >= 4 is 0 Å². The summed E-state index contributed by atoms with van der Waals surface area (Å²) >= 11 is 0. The van der Waals surface area contributed by atoms with E-state index in [9.17, 15) is 4.91 Å². The second kappa shape index (κ2) is 6.03. The van der Waals surface area contributed by atoms with Crippen molar-refractivity contribution in [1.82, 2.24) is 5.32 Å². The van der Waals surface area contributed by atoms with Gasteiger partial charge in [0.25, 0.3) is 5.70 Å². The van der Waals surface area contributed by atoms with Crippen LogP contribution in [0.25, 0.3) is 0 Å². The van der Waals surface area contributed by atoms with Crippen molar-refractivity contribution in [3.63, 3.8) is 0 Å². The first-order valence-corrected chi connectivity index (χ1v) is 8.36. The van der Waals surface area contributed by atoms with Crippen LogP contribution in [0.2, 0.25) is 0 Å². The number of nitroso groups, excluding NO2 is 1. The average molecular weight is 309 g/mol. The molecule has 0 bridgehead atoms. The molecule has 0 spiro atoms. The molecule has 0 saturated heterocycles. The Labute approximate surface area is 136 Å². The third-order valence-corrected chi connectivity index (χ3v) is 4.75. The summed E-state index contributed by atoms with van der Waals surface area (Å²) in [5, 5.41) is 3.37. The zero-order valence-corrected chi connectivity index (χ0v) is 13.1. The first-order chi connectivity index (χ1) is 11.3. The molecule has 1 N–H and O–H groups in total. The van der Waals surface area contributed by atoms with Gasteiger partial charge in [0.15, 0.2) is 5.76 Å². The number of rotatable bonds is 3. The Morgan fingerprint density at radius 2 is 2.13 bits per heavy atom. The van der Waals surface area contributed by atoms with Crippen molar-refractivity contribution in [2.75, 3.05) is 13.2 Å². The summed E-state index contributed by atoms with van der Waals surface area (Å²) in [7, 11) is 0. The molecule has 3 heterocycles. The molecule has 1 aromatic rings. The van der Waals surface area contributed by atoms with Gasteiger partial charge in [0.2, 0.25) is 6.04 Å². The van der Waals surface area contributed by atoms with Gasteiger partial charge in [-0.15, -0.1) is 0 Å². The molecule has 1 atom stereocenters. The molecule has 0 aromatic heterocycles. The zero-order valence-electron chi connectivity index (χ0n) is 13.1. The molecule has 0 fully saturated rings. The second-order valence-corrected chi connectivity index (χ2v) is 6.22. The van der Waals surface area contributed by atoms with Crippen LogP contribution in [0.3, 0.4) is 0 Å². The van der Waals surface area contributed by atoms with E-state index in [1.54, 1.807) is 0 Å². The van der Waals surface area contributed by atoms with Crippen molar-refractivity contribution < 1.29 is 9.50 Å². The van der Waals surface area contributed by atoms with Crippen molar-refractivity contribution in [2.45, 2.75) is 31.7 Å². The molecule has 4 rings (SSSR count). The first kappa shape index (κ1) is 14.2. The summed E-state index contributed by atoms with van der Waals surface area (Å²) in [5.41, 5.74) is 4.07. The topological polar surface area (TPSA) is 41.3 Å². The maximum atomic E-state index is 12.9. The summed E-state index contributed by atoms with van der Waals surface area (Å²) in [6.07, 6.45) is 7.59. The lowest BCUT2D eigenvalue weighted by atomic mass is 9.90. The van der Waals surface area contributed by atoms with Gasteiger partial charge >= 0.3 is 0 Å². The van der Waals surface area contributed by atoms with E-state index < -0.39 is 0 Å². The van der Waals surface area contributed by atoms with E-state index in [2.05, 4.69) is 23.5 Å². The highest BCUT2D eigenvalue weighted by atomic mass is 16.5. The number of hydrogen-bond donors (Lipinski definition) is 1. The second-order valence-electron chi connectivity index (χ2n) is 6.22. The van der Waals surface area contributed by atoms with Crippen LogP contribution in [-0.2, 0) is 11.2 Å². The quantitative estimate of drug-likeness (QED) is 0.872. The van der Waals surface area contributed by atoms with Crippen molar-refractivity contribution in [2.24, 2.45) is 0 Å². The number of aryl methyl sites for hydroxylation is 1. The fraction of sp³-hybridized carbons (Fsp3) is 0.368. The summed E-state index contributed by atoms with van der Waals surface area (Å²) in [6.45, 7) is 1.49. The fourth-order valence-electron chi connectivity index (χ4n) is 3.61. The molecule has 0 radical (unpaired) electrons. The van der Waals surface area contributed by atoms with E-state index in [1.807, 2.05) is 24.3 Å². The minimum absolute atomic E-state index is 0.152. The minimum Gasteiger partial charge on any atom is -0.487 e. The minimum atomic E-state index is -0.152. The molecule has 0 saturated carbocycles. The maximum absolute atomic E-state index is 12.9. The van der Waals surface area contributed by atoms with Crippen LogP contribution in [-0.4, -0.2) is 24.0 Å². The van der Waals surface area contributed by atoms with Gasteiger partial charge in [0, 0.05) is 29.1 Å². The molecular weight excluding hydrogens is 288 g/mol. The lowest BCUT2D eigenvalue weighted by molar-refractivity contribution is -0.536. The highest BCUT2D eigenvalue weighted by Crippen LogP contribution is 2.36. The molecule has 118 valence electrons. The van der Waals surface area contributed by atoms with Crippen molar-refractivity contribution in [3.05, 3.63) is 75.7 Å². The molecule has 3 aliphatic heterocycles. The van der Waals surface area contributed by atoms with Gasteiger partial charge in [0.05, 0.1) is 5.57 Å². The van der Waals surface area contributed by atoms with Crippen LogP contribution in [0.5, 0.6) is 0 Å². The van der Waals surface area contributed by atoms with Gasteiger partial charge in [-0.2, -0.15) is 0 Å². The number of nitrogens with one attached hydrogen (secondary N) is 1. The van der Waals surface area contributed by atoms with E-state index in [-0.39, 0.29) is 6.04 Å². The number of fused-ring (bicyclic) bond motifs is 1. The van der Waals surface area contributed by atoms with Crippen LogP contribution in [0.1, 0.15) is 24.8 Å². The molecule has 3 aliphatic rings. The summed E-state index contributed by atoms with van der Waals surface area (Å²) < 4.78 is 7.11. The Bertz CT molecular complexity index is 716. The van der Waals surface area contributed by atoms with Crippen molar-refractivity contribution in [3.8, 4) is 0 Å². The Morgan fingerprint density at radius 3 is 3.00 bits per heavy atom. The van der Waals surface area contributed by atoms with E-state index in [4.69, 9.17) is 4.74 Å². The molecule has 1 unspecified atom stereocenters. The highest BCUT2D eigenvalue weighted by Gasteiger charge is 2.44. The molecule has 0 amide bonds. The summed E-state index contributed by atoms with van der Waals surface area (Å²) in [4.78, 5) is 12.9. The number of ether oxygens (including phenoxy) is 1. The van der Waals surface area contributed by atoms with Crippen LogP contribution in [0.4, 0.5) is 0 Å². The van der Waals surface area contributed by atoms with E-state index in [0.29, 0.717) is 6.61 Å². The molecule has 4 nitrogen and oxygen atoms in total. The summed E-state index contributed by atoms with van der Waals surface area (Å²) in [6, 6.07) is 10.2. The monoisotopic (exact) mass is 309 g/mol. The first-order valence-electron chi connectivity index (χ1n) is 8.36. The largest absolute Gasteiger partial charge is 0.487 e. The van der Waals surface area contributed by atoms with Crippen LogP contribution >= 0.6 is 0 Å². The third kappa shape index (κ3) is 2.58. The smallest absolute Gasteiger partial charge is 0.260 e. The fourth-order valence-corrected chi connectivity index (χ4v) is 3.61. The number of nitrogens with zero attached hydrogens (tertiary/aromatic N) is 1. The van der Waals surface area contributed by atoms with Gasteiger partial charge in [-0.05, 0) is 30.6 Å². The molecule has 1 aromatic carbocycles. The zero-order chi connectivity index (χ0) is 15.6. The molecular formula is C19H21N2O2+. The van der Waals surface area contributed by atoms with Crippen LogP contribution < -0.4 is 5.32 Å². The van der Waals surface area contributed by atoms with Gasteiger partial charge < -0.3 is 10.1 Å². The standard InChI is InChI=1S/C19H21N2O2/c22-21-16(11-10-14-6-2-1-3-7-14)15-8-5-13-23-19(15)18-17(21)9-4-12-20-18/h1-3,5-8,16,20H,4,9-13H2/q+1. The van der Waals surface area contributed by atoms with Gasteiger partial charge in [-0.1, -0.05) is 30.3 Å². The van der Waals surface area contributed by atoms with E-state index in [1.165, 1.54) is 10.3 Å². The Morgan fingerprint density at radius 1 is 1.26 bits per heavy atom. The maximum Gasteiger partial charge on any atom is 0.260 e. The normalized spacial score (nSPS) is 23.1. The van der Waals surface area contributed by atoms with Crippen LogP contribution in [0.15, 0.2) is 65.2 Å². The van der Waals surface area contributed by atoms with E-state index in [0.717, 1.165) is 55.0 Å². The lowest BCUT2D eigenvalue weighted by Crippen LogP contribution is -2.39. The van der Waals surface area contributed by atoms with Gasteiger partial charge in [0.1, 0.15) is 12.3 Å². The summed E-state index contributed by atoms with van der Waals surface area (Å²) in [5.74, 6) is 0.896. The molecule has 4 heteroatoms.